The lowest BCUT2D eigenvalue weighted by Crippen LogP contribution is -2.48. The highest BCUT2D eigenvalue weighted by Crippen LogP contribution is 2.25. The van der Waals surface area contributed by atoms with Gasteiger partial charge >= 0.3 is 0 Å². The maximum Gasteiger partial charge on any atom is 0.277 e. The van der Waals surface area contributed by atoms with Crippen molar-refractivity contribution in [3.63, 3.8) is 0 Å². The van der Waals surface area contributed by atoms with Gasteiger partial charge in [0.05, 0.1) is 18.0 Å². The first-order valence-corrected chi connectivity index (χ1v) is 8.14. The molecule has 7 heteroatoms. The first-order chi connectivity index (χ1) is 9.75. The van der Waals surface area contributed by atoms with Gasteiger partial charge in [0, 0.05) is 18.5 Å². The minimum atomic E-state index is -0.176. The van der Waals surface area contributed by atoms with Crippen LogP contribution in [0, 0.1) is 0 Å². The maximum atomic E-state index is 12.2. The zero-order valence-electron chi connectivity index (χ0n) is 13.3. The Balaban J connectivity index is 1.88. The van der Waals surface area contributed by atoms with E-state index in [2.05, 4.69) is 10.2 Å². The molecular weight excluding hydrogens is 290 g/mol. The zero-order chi connectivity index (χ0) is 15.6. The molecule has 1 aliphatic rings. The molecule has 0 saturated carbocycles. The number of hydrogen-bond donors (Lipinski definition) is 0. The molecule has 21 heavy (non-hydrogen) atoms. The highest BCUT2D eigenvalue weighted by molar-refractivity contribution is 7.99. The number of amides is 1. The molecule has 2 unspecified atom stereocenters. The van der Waals surface area contributed by atoms with Crippen LogP contribution in [0.4, 0.5) is 0 Å². The molecule has 1 amide bonds. The van der Waals surface area contributed by atoms with Gasteiger partial charge in [-0.2, -0.15) is 0 Å². The van der Waals surface area contributed by atoms with Crippen molar-refractivity contribution in [2.24, 2.45) is 0 Å². The van der Waals surface area contributed by atoms with Crippen LogP contribution in [0.2, 0.25) is 0 Å². The van der Waals surface area contributed by atoms with Crippen LogP contribution in [0.1, 0.15) is 40.5 Å². The summed E-state index contributed by atoms with van der Waals surface area (Å²) in [6.07, 6.45) is 0.164. The molecule has 0 N–H and O–H groups in total. The molecule has 2 heterocycles. The van der Waals surface area contributed by atoms with E-state index in [0.29, 0.717) is 30.0 Å². The van der Waals surface area contributed by atoms with Crippen molar-refractivity contribution in [1.82, 2.24) is 15.1 Å². The van der Waals surface area contributed by atoms with Crippen LogP contribution < -0.4 is 0 Å². The lowest BCUT2D eigenvalue weighted by molar-refractivity contribution is -0.140. The standard InChI is InChI=1S/C14H23N3O3S/c1-9-6-17(7-10(2)19-9)11(18)8-21-13-16-15-12(20-13)14(3,4)5/h9-10H,6-8H2,1-5H3. The summed E-state index contributed by atoms with van der Waals surface area (Å²) in [5, 5.41) is 8.45. The fraction of sp³-hybridized carbons (Fsp3) is 0.786. The average molecular weight is 313 g/mol. The van der Waals surface area contributed by atoms with E-state index >= 15 is 0 Å². The SMILES string of the molecule is CC1CN(C(=O)CSc2nnc(C(C)(C)C)o2)CC(C)O1. The molecule has 0 bridgehead atoms. The lowest BCUT2D eigenvalue weighted by atomic mass is 9.97. The summed E-state index contributed by atoms with van der Waals surface area (Å²) in [5.74, 6) is 0.981. The van der Waals surface area contributed by atoms with E-state index in [1.807, 2.05) is 39.5 Å². The lowest BCUT2D eigenvalue weighted by Gasteiger charge is -2.35. The normalized spacial score (nSPS) is 23.4. The molecule has 2 rings (SSSR count). The molecule has 0 radical (unpaired) electrons. The van der Waals surface area contributed by atoms with E-state index in [-0.39, 0.29) is 23.5 Å². The Morgan fingerprint density at radius 3 is 2.43 bits per heavy atom. The molecule has 0 aromatic carbocycles. The van der Waals surface area contributed by atoms with E-state index in [0.717, 1.165) is 0 Å². The first kappa shape index (κ1) is 16.3. The van der Waals surface area contributed by atoms with Crippen molar-refractivity contribution in [3.05, 3.63) is 5.89 Å². The summed E-state index contributed by atoms with van der Waals surface area (Å²) in [5.41, 5.74) is -0.176. The van der Waals surface area contributed by atoms with Crippen LogP contribution >= 0.6 is 11.8 Å². The molecule has 1 fully saturated rings. The Labute approximate surface area is 129 Å². The van der Waals surface area contributed by atoms with Crippen molar-refractivity contribution in [1.29, 1.82) is 0 Å². The summed E-state index contributed by atoms with van der Waals surface area (Å²) in [6, 6.07) is 0. The second kappa shape index (κ2) is 6.36. The topological polar surface area (TPSA) is 68.5 Å². The smallest absolute Gasteiger partial charge is 0.277 e. The number of morpholine rings is 1. The van der Waals surface area contributed by atoms with Crippen LogP contribution in [0.5, 0.6) is 0 Å². The Hall–Kier alpha value is -1.08. The average Bonchev–Trinajstić information content (AvgIpc) is 2.83. The fourth-order valence-corrected chi connectivity index (χ4v) is 2.83. The van der Waals surface area contributed by atoms with Gasteiger partial charge in [0.1, 0.15) is 0 Å². The van der Waals surface area contributed by atoms with Gasteiger partial charge in [0.15, 0.2) is 0 Å². The van der Waals surface area contributed by atoms with Crippen molar-refractivity contribution >= 4 is 17.7 Å². The summed E-state index contributed by atoms with van der Waals surface area (Å²) >= 11 is 1.29. The van der Waals surface area contributed by atoms with Crippen LogP contribution in [0.3, 0.4) is 0 Å². The second-order valence-corrected chi connectivity index (χ2v) is 7.39. The van der Waals surface area contributed by atoms with Gasteiger partial charge in [0.2, 0.25) is 11.8 Å². The van der Waals surface area contributed by atoms with Crippen LogP contribution in [0.15, 0.2) is 9.64 Å². The number of ether oxygens (including phenoxy) is 1. The highest BCUT2D eigenvalue weighted by Gasteiger charge is 2.26. The summed E-state index contributed by atoms with van der Waals surface area (Å²) in [7, 11) is 0. The van der Waals surface area contributed by atoms with Gasteiger partial charge in [0.25, 0.3) is 5.22 Å². The van der Waals surface area contributed by atoms with Crippen molar-refractivity contribution < 1.29 is 13.9 Å². The largest absolute Gasteiger partial charge is 0.415 e. The van der Waals surface area contributed by atoms with Gasteiger partial charge in [-0.3, -0.25) is 4.79 Å². The quantitative estimate of drug-likeness (QED) is 0.796. The van der Waals surface area contributed by atoms with E-state index < -0.39 is 0 Å². The number of carbonyl (C=O) groups is 1. The number of hydrogen-bond acceptors (Lipinski definition) is 6. The molecule has 118 valence electrons. The Morgan fingerprint density at radius 1 is 1.29 bits per heavy atom. The molecule has 2 atom stereocenters. The number of nitrogens with zero attached hydrogens (tertiary/aromatic N) is 3. The third-order valence-corrected chi connectivity index (χ3v) is 3.94. The molecule has 0 aliphatic carbocycles. The summed E-state index contributed by atoms with van der Waals surface area (Å²) < 4.78 is 11.2. The van der Waals surface area contributed by atoms with Gasteiger partial charge in [-0.1, -0.05) is 32.5 Å². The van der Waals surface area contributed by atoms with Gasteiger partial charge < -0.3 is 14.1 Å². The van der Waals surface area contributed by atoms with Gasteiger partial charge in [-0.15, -0.1) is 10.2 Å². The van der Waals surface area contributed by atoms with E-state index in [1.54, 1.807) is 0 Å². The van der Waals surface area contributed by atoms with E-state index in [9.17, 15) is 4.79 Å². The number of thioether (sulfide) groups is 1. The number of carbonyl (C=O) groups excluding carboxylic acids is 1. The Bertz CT molecular complexity index is 488. The maximum absolute atomic E-state index is 12.2. The summed E-state index contributed by atoms with van der Waals surface area (Å²) in [4.78, 5) is 14.1. The molecule has 1 aliphatic heterocycles. The number of rotatable bonds is 3. The second-order valence-electron chi connectivity index (χ2n) is 6.47. The Kier molecular flexibility index (Phi) is 4.93. The van der Waals surface area contributed by atoms with E-state index in [4.69, 9.17) is 9.15 Å². The van der Waals surface area contributed by atoms with Gasteiger partial charge in [-0.05, 0) is 13.8 Å². The van der Waals surface area contributed by atoms with Crippen LogP contribution in [-0.4, -0.2) is 52.1 Å². The van der Waals surface area contributed by atoms with E-state index in [1.165, 1.54) is 11.8 Å². The number of aromatic nitrogens is 2. The predicted octanol–water partition coefficient (Wildman–Crippen LogP) is 2.09. The molecule has 0 spiro atoms. The third-order valence-electron chi connectivity index (χ3n) is 3.14. The minimum Gasteiger partial charge on any atom is -0.415 e. The molecule has 6 nitrogen and oxygen atoms in total. The molecule has 1 aromatic rings. The predicted molar refractivity (Wildman–Crippen MR) is 80.3 cm³/mol. The van der Waals surface area contributed by atoms with Crippen molar-refractivity contribution in [2.75, 3.05) is 18.8 Å². The first-order valence-electron chi connectivity index (χ1n) is 7.15. The Morgan fingerprint density at radius 2 is 1.90 bits per heavy atom. The third kappa shape index (κ3) is 4.44. The highest BCUT2D eigenvalue weighted by atomic mass is 32.2. The molecule has 1 saturated heterocycles. The molecule has 1 aromatic heterocycles. The van der Waals surface area contributed by atoms with Crippen molar-refractivity contribution in [2.45, 2.75) is 57.5 Å². The monoisotopic (exact) mass is 313 g/mol. The van der Waals surface area contributed by atoms with Crippen LogP contribution in [-0.2, 0) is 14.9 Å². The van der Waals surface area contributed by atoms with Gasteiger partial charge in [-0.25, -0.2) is 0 Å². The summed E-state index contributed by atoms with van der Waals surface area (Å²) in [6.45, 7) is 11.3. The minimum absolute atomic E-state index is 0.0810. The molecular formula is C14H23N3O3S. The van der Waals surface area contributed by atoms with Crippen LogP contribution in [0.25, 0.3) is 0 Å². The fourth-order valence-electron chi connectivity index (χ4n) is 2.17. The zero-order valence-corrected chi connectivity index (χ0v) is 14.1. The van der Waals surface area contributed by atoms with Crippen molar-refractivity contribution in [3.8, 4) is 0 Å².